The maximum atomic E-state index is 10.6. The van der Waals surface area contributed by atoms with E-state index >= 15 is 0 Å². The molecule has 3 N–H and O–H groups in total. The SMILES string of the molecule is Cc1cc([N+](=O)O)c(C)cc1N. The summed E-state index contributed by atoms with van der Waals surface area (Å²) in [5.41, 5.74) is 7.89. The van der Waals surface area contributed by atoms with Gasteiger partial charge in [-0.1, -0.05) is 0 Å². The molecule has 0 saturated heterocycles. The van der Waals surface area contributed by atoms with Crippen LogP contribution in [0.3, 0.4) is 0 Å². The predicted octanol–water partition coefficient (Wildman–Crippen LogP) is 1.69. The number of aryl methyl sites for hydroxylation is 2. The molecule has 0 aliphatic carbocycles. The third-order valence-corrected chi connectivity index (χ3v) is 1.79. The summed E-state index contributed by atoms with van der Waals surface area (Å²) in [6, 6.07) is 3.21. The quantitative estimate of drug-likeness (QED) is 0.494. The molecule has 0 unspecified atom stereocenters. The van der Waals surface area contributed by atoms with Crippen LogP contribution in [-0.2, 0) is 0 Å². The van der Waals surface area contributed by atoms with Crippen LogP contribution in [0, 0.1) is 18.8 Å². The van der Waals surface area contributed by atoms with E-state index in [0.29, 0.717) is 11.3 Å². The first kappa shape index (κ1) is 8.52. The Bertz CT molecular complexity index is 334. The largest absolute Gasteiger partial charge is 0.398 e. The van der Waals surface area contributed by atoms with E-state index in [9.17, 15) is 4.91 Å². The van der Waals surface area contributed by atoms with Crippen molar-refractivity contribution in [2.75, 3.05) is 5.73 Å². The molecular weight excluding hydrogens is 156 g/mol. The molecule has 0 spiro atoms. The van der Waals surface area contributed by atoms with Gasteiger partial charge in [-0.3, -0.25) is 0 Å². The molecule has 1 aromatic rings. The normalized spacial score (nSPS) is 9.83. The highest BCUT2D eigenvalue weighted by Gasteiger charge is 2.16. The monoisotopic (exact) mass is 167 g/mol. The maximum absolute atomic E-state index is 10.6. The fraction of sp³-hybridized carbons (Fsp3) is 0.250. The van der Waals surface area contributed by atoms with Crippen LogP contribution >= 0.6 is 0 Å². The summed E-state index contributed by atoms with van der Waals surface area (Å²) < 4.78 is 0. The van der Waals surface area contributed by atoms with Gasteiger partial charge in [0.2, 0.25) is 0 Å². The Hall–Kier alpha value is -1.58. The van der Waals surface area contributed by atoms with E-state index in [1.165, 1.54) is 0 Å². The lowest BCUT2D eigenvalue weighted by molar-refractivity contribution is -0.730. The van der Waals surface area contributed by atoms with Crippen molar-refractivity contribution in [1.29, 1.82) is 0 Å². The zero-order chi connectivity index (χ0) is 9.30. The summed E-state index contributed by atoms with van der Waals surface area (Å²) in [6.07, 6.45) is 0. The van der Waals surface area contributed by atoms with E-state index in [1.54, 1.807) is 26.0 Å². The number of nitrogens with zero attached hydrogens (tertiary/aromatic N) is 1. The lowest BCUT2D eigenvalue weighted by atomic mass is 10.1. The van der Waals surface area contributed by atoms with Crippen molar-refractivity contribution in [2.24, 2.45) is 0 Å². The summed E-state index contributed by atoms with van der Waals surface area (Å²) in [5, 5.41) is 8.66. The number of nitrogen functional groups attached to an aromatic ring is 1. The molecule has 0 atom stereocenters. The van der Waals surface area contributed by atoms with Crippen LogP contribution in [0.25, 0.3) is 0 Å². The first-order valence-corrected chi connectivity index (χ1v) is 3.55. The van der Waals surface area contributed by atoms with Crippen molar-refractivity contribution in [3.05, 3.63) is 28.2 Å². The Kier molecular flexibility index (Phi) is 1.99. The summed E-state index contributed by atoms with van der Waals surface area (Å²) in [7, 11) is 0. The van der Waals surface area contributed by atoms with E-state index in [0.717, 1.165) is 5.56 Å². The smallest absolute Gasteiger partial charge is 0.319 e. The summed E-state index contributed by atoms with van der Waals surface area (Å²) in [6.45, 7) is 3.49. The number of benzene rings is 1. The van der Waals surface area contributed by atoms with Crippen molar-refractivity contribution in [3.63, 3.8) is 0 Å². The predicted molar refractivity (Wildman–Crippen MR) is 45.4 cm³/mol. The van der Waals surface area contributed by atoms with E-state index in [1.807, 2.05) is 0 Å². The molecule has 0 heterocycles. The van der Waals surface area contributed by atoms with Crippen molar-refractivity contribution >= 4 is 11.4 Å². The van der Waals surface area contributed by atoms with E-state index in [4.69, 9.17) is 10.9 Å². The highest BCUT2D eigenvalue weighted by Crippen LogP contribution is 2.23. The number of rotatable bonds is 1. The van der Waals surface area contributed by atoms with Crippen LogP contribution in [0.15, 0.2) is 12.1 Å². The average molecular weight is 167 g/mol. The minimum Gasteiger partial charge on any atom is -0.398 e. The van der Waals surface area contributed by atoms with Crippen molar-refractivity contribution in [3.8, 4) is 0 Å². The van der Waals surface area contributed by atoms with Crippen LogP contribution in [0.4, 0.5) is 11.4 Å². The molecule has 0 bridgehead atoms. The van der Waals surface area contributed by atoms with Gasteiger partial charge in [-0.2, -0.15) is 0 Å². The lowest BCUT2D eigenvalue weighted by Gasteiger charge is -1.99. The van der Waals surface area contributed by atoms with Gasteiger partial charge < -0.3 is 5.73 Å². The summed E-state index contributed by atoms with van der Waals surface area (Å²) in [4.78, 5) is 10.4. The molecule has 0 saturated carbocycles. The Balaban J connectivity index is 3.33. The van der Waals surface area contributed by atoms with Crippen LogP contribution in [-0.4, -0.2) is 10.1 Å². The molecular formula is C8H11N2O2+. The molecule has 0 aliphatic rings. The van der Waals surface area contributed by atoms with Crippen LogP contribution in [0.5, 0.6) is 0 Å². The average Bonchev–Trinajstić information content (AvgIpc) is 1.96. The van der Waals surface area contributed by atoms with E-state index in [2.05, 4.69) is 0 Å². The highest BCUT2D eigenvalue weighted by molar-refractivity contribution is 5.56. The number of hydrogen-bond acceptors (Lipinski definition) is 2. The van der Waals surface area contributed by atoms with Gasteiger partial charge in [-0.15, -0.1) is 0 Å². The minimum atomic E-state index is -0.151. The first-order chi connectivity index (χ1) is 5.52. The highest BCUT2D eigenvalue weighted by atomic mass is 16.6. The zero-order valence-electron chi connectivity index (χ0n) is 7.03. The lowest BCUT2D eigenvalue weighted by Crippen LogP contribution is -1.98. The summed E-state index contributed by atoms with van der Waals surface area (Å²) >= 11 is 0. The molecule has 0 aromatic heterocycles. The molecule has 4 nitrogen and oxygen atoms in total. The van der Waals surface area contributed by atoms with Crippen LogP contribution in [0.2, 0.25) is 0 Å². The van der Waals surface area contributed by atoms with Crippen molar-refractivity contribution in [2.45, 2.75) is 13.8 Å². The van der Waals surface area contributed by atoms with Gasteiger partial charge >= 0.3 is 5.69 Å². The van der Waals surface area contributed by atoms with Gasteiger partial charge in [0, 0.05) is 17.3 Å². The first-order valence-electron chi connectivity index (χ1n) is 3.55. The Morgan fingerprint density at radius 2 is 1.92 bits per heavy atom. The van der Waals surface area contributed by atoms with Crippen molar-refractivity contribution < 1.29 is 10.1 Å². The third kappa shape index (κ3) is 1.37. The van der Waals surface area contributed by atoms with E-state index < -0.39 is 0 Å². The van der Waals surface area contributed by atoms with E-state index in [-0.39, 0.29) is 10.6 Å². The molecule has 12 heavy (non-hydrogen) atoms. The Morgan fingerprint density at radius 1 is 1.33 bits per heavy atom. The molecule has 1 rings (SSSR count). The molecule has 64 valence electrons. The summed E-state index contributed by atoms with van der Waals surface area (Å²) in [5.74, 6) is 0. The molecule has 0 fully saturated rings. The minimum absolute atomic E-state index is 0.151. The van der Waals surface area contributed by atoms with Gasteiger partial charge in [0.15, 0.2) is 0 Å². The molecule has 1 aromatic carbocycles. The Labute approximate surface area is 70.2 Å². The zero-order valence-corrected chi connectivity index (χ0v) is 7.03. The second-order valence-electron chi connectivity index (χ2n) is 2.77. The molecule has 4 heteroatoms. The Morgan fingerprint density at radius 3 is 2.42 bits per heavy atom. The second kappa shape index (κ2) is 2.81. The number of anilines is 1. The van der Waals surface area contributed by atoms with Gasteiger partial charge in [0.1, 0.15) is 0 Å². The standard InChI is InChI=1S/C8H11N2O2/c1-5-4-8(10(11)12)6(2)3-7(5)9/h3-4H,9H2,1-2H3,(H,11,12)/q+1. The number of hydrogen-bond donors (Lipinski definition) is 2. The molecule has 0 aliphatic heterocycles. The van der Waals surface area contributed by atoms with Crippen LogP contribution < -0.4 is 5.73 Å². The van der Waals surface area contributed by atoms with Gasteiger partial charge in [0.25, 0.3) is 4.92 Å². The molecule has 0 radical (unpaired) electrons. The number of nitrogens with two attached hydrogens (primary N) is 1. The topological polar surface area (TPSA) is 66.3 Å². The fourth-order valence-electron chi connectivity index (χ4n) is 1.03. The van der Waals surface area contributed by atoms with Crippen LogP contribution in [0.1, 0.15) is 11.1 Å². The molecule has 0 amide bonds. The third-order valence-electron chi connectivity index (χ3n) is 1.79. The second-order valence-corrected chi connectivity index (χ2v) is 2.77. The van der Waals surface area contributed by atoms with Gasteiger partial charge in [-0.05, 0) is 25.5 Å². The van der Waals surface area contributed by atoms with Gasteiger partial charge in [0.05, 0.1) is 4.91 Å². The van der Waals surface area contributed by atoms with Crippen molar-refractivity contribution in [1.82, 2.24) is 0 Å². The maximum Gasteiger partial charge on any atom is 0.319 e. The fourth-order valence-corrected chi connectivity index (χ4v) is 1.03. The van der Waals surface area contributed by atoms with Gasteiger partial charge in [-0.25, -0.2) is 5.21 Å².